The second-order valence-corrected chi connectivity index (χ2v) is 7.83. The van der Waals surface area contributed by atoms with E-state index < -0.39 is 24.2 Å². The van der Waals surface area contributed by atoms with E-state index in [9.17, 15) is 26.3 Å². The summed E-state index contributed by atoms with van der Waals surface area (Å²) in [6, 6.07) is 7.51. The van der Waals surface area contributed by atoms with E-state index in [0.29, 0.717) is 21.3 Å². The number of aromatic nitrogens is 3. The lowest BCUT2D eigenvalue weighted by molar-refractivity contribution is -0.221. The Balaban J connectivity index is 1.51. The minimum atomic E-state index is -4.59. The molecule has 0 saturated carbocycles. The molecule has 1 saturated heterocycles. The predicted molar refractivity (Wildman–Crippen MR) is 106 cm³/mol. The largest absolute Gasteiger partial charge is 0.433 e. The van der Waals surface area contributed by atoms with Gasteiger partial charge in [-0.15, -0.1) is 0 Å². The maximum Gasteiger partial charge on any atom is 0.433 e. The van der Waals surface area contributed by atoms with Gasteiger partial charge >= 0.3 is 12.4 Å². The molecule has 170 valence electrons. The summed E-state index contributed by atoms with van der Waals surface area (Å²) in [5, 5.41) is 3.16. The van der Waals surface area contributed by atoms with E-state index in [1.54, 1.807) is 24.3 Å². The number of nitrogens with one attached hydrogen (secondary N) is 1. The molecule has 0 bridgehead atoms. The number of hydrogen-bond acceptors (Lipinski definition) is 7. The molecule has 1 aliphatic heterocycles. The molecule has 1 aliphatic rings. The summed E-state index contributed by atoms with van der Waals surface area (Å²) in [4.78, 5) is 13.7. The van der Waals surface area contributed by atoms with E-state index in [-0.39, 0.29) is 25.6 Å². The van der Waals surface area contributed by atoms with Crippen molar-refractivity contribution in [1.29, 1.82) is 0 Å². The lowest BCUT2D eigenvalue weighted by Gasteiger charge is -2.33. The highest BCUT2D eigenvalue weighted by Gasteiger charge is 2.43. The standard InChI is InChI=1S/C19H15F6N5OS/c20-18(21,22)14-4-5-26-16(29-14)28-12-3-1-2-11(8-12)13-9-27-17(32-13)30-6-7-31-15(10-30)19(23,24)25/h1-5,8-9,15H,6-7,10H2,(H,26,28,29). The zero-order chi connectivity index (χ0) is 22.9. The van der Waals surface area contributed by atoms with Crippen molar-refractivity contribution in [2.75, 3.05) is 29.9 Å². The Morgan fingerprint density at radius 3 is 2.66 bits per heavy atom. The van der Waals surface area contributed by atoms with Crippen LogP contribution in [0.25, 0.3) is 10.4 Å². The fraction of sp³-hybridized carbons (Fsp3) is 0.316. The Bertz CT molecular complexity index is 1090. The maximum absolute atomic E-state index is 13.0. The summed E-state index contributed by atoms with van der Waals surface area (Å²) in [7, 11) is 0. The van der Waals surface area contributed by atoms with Crippen LogP contribution in [0.4, 0.5) is 43.1 Å². The van der Waals surface area contributed by atoms with Crippen molar-refractivity contribution >= 4 is 28.1 Å². The van der Waals surface area contributed by atoms with Crippen LogP contribution in [0.3, 0.4) is 0 Å². The van der Waals surface area contributed by atoms with Crippen molar-refractivity contribution in [2.24, 2.45) is 0 Å². The second-order valence-electron chi connectivity index (χ2n) is 6.82. The lowest BCUT2D eigenvalue weighted by atomic mass is 10.2. The van der Waals surface area contributed by atoms with Crippen LogP contribution >= 0.6 is 11.3 Å². The van der Waals surface area contributed by atoms with E-state index in [0.717, 1.165) is 12.3 Å². The number of halogens is 6. The molecular weight excluding hydrogens is 460 g/mol. The quantitative estimate of drug-likeness (QED) is 0.528. The van der Waals surface area contributed by atoms with Gasteiger partial charge in [0, 0.05) is 24.6 Å². The average molecular weight is 475 g/mol. The molecule has 0 amide bonds. The van der Waals surface area contributed by atoms with Crippen molar-refractivity contribution in [1.82, 2.24) is 15.0 Å². The Kier molecular flexibility index (Phi) is 5.95. The molecule has 3 heterocycles. The summed E-state index contributed by atoms with van der Waals surface area (Å²) >= 11 is 1.21. The van der Waals surface area contributed by atoms with Crippen LogP contribution in [-0.4, -0.2) is 46.9 Å². The van der Waals surface area contributed by atoms with E-state index in [1.807, 2.05) is 0 Å². The third-order valence-electron chi connectivity index (χ3n) is 4.54. The first kappa shape index (κ1) is 22.3. The molecule has 6 nitrogen and oxygen atoms in total. The van der Waals surface area contributed by atoms with E-state index in [2.05, 4.69) is 20.3 Å². The molecule has 1 N–H and O–H groups in total. The zero-order valence-corrected chi connectivity index (χ0v) is 16.9. The number of morpholine rings is 1. The first-order chi connectivity index (χ1) is 15.1. The van der Waals surface area contributed by atoms with Crippen LogP contribution in [0.1, 0.15) is 5.69 Å². The first-order valence-electron chi connectivity index (χ1n) is 9.26. The van der Waals surface area contributed by atoms with Gasteiger partial charge in [0.15, 0.2) is 11.2 Å². The molecule has 1 atom stereocenters. The van der Waals surface area contributed by atoms with Gasteiger partial charge in [0.05, 0.1) is 18.0 Å². The van der Waals surface area contributed by atoms with E-state index >= 15 is 0 Å². The van der Waals surface area contributed by atoms with Crippen LogP contribution < -0.4 is 10.2 Å². The molecule has 2 aromatic heterocycles. The van der Waals surface area contributed by atoms with Crippen LogP contribution in [0.2, 0.25) is 0 Å². The van der Waals surface area contributed by atoms with Gasteiger partial charge in [0.25, 0.3) is 0 Å². The van der Waals surface area contributed by atoms with Crippen LogP contribution in [0.5, 0.6) is 0 Å². The van der Waals surface area contributed by atoms with Gasteiger partial charge in [-0.1, -0.05) is 23.5 Å². The number of ether oxygens (including phenoxy) is 1. The van der Waals surface area contributed by atoms with Crippen LogP contribution in [-0.2, 0) is 10.9 Å². The highest BCUT2D eigenvalue weighted by Crippen LogP contribution is 2.35. The van der Waals surface area contributed by atoms with Crippen molar-refractivity contribution < 1.29 is 31.1 Å². The van der Waals surface area contributed by atoms with Crippen LogP contribution in [0.15, 0.2) is 42.7 Å². The van der Waals surface area contributed by atoms with Crippen LogP contribution in [0, 0.1) is 0 Å². The summed E-state index contributed by atoms with van der Waals surface area (Å²) < 4.78 is 82.2. The third-order valence-corrected chi connectivity index (χ3v) is 5.65. The number of benzene rings is 1. The summed E-state index contributed by atoms with van der Waals surface area (Å²) in [6.07, 6.45) is -8.37. The molecule has 13 heteroatoms. The van der Waals surface area contributed by atoms with E-state index in [1.165, 1.54) is 22.4 Å². The smallest absolute Gasteiger partial charge is 0.365 e. The molecule has 1 fully saturated rings. The normalized spacial score (nSPS) is 17.4. The average Bonchev–Trinajstić information content (AvgIpc) is 3.24. The van der Waals surface area contributed by atoms with Gasteiger partial charge in [-0.2, -0.15) is 26.3 Å². The fourth-order valence-electron chi connectivity index (χ4n) is 3.02. The number of anilines is 3. The van der Waals surface area contributed by atoms with Gasteiger partial charge in [0.2, 0.25) is 5.95 Å². The topological polar surface area (TPSA) is 63.2 Å². The molecule has 4 rings (SSSR count). The minimum Gasteiger partial charge on any atom is -0.365 e. The van der Waals surface area contributed by atoms with Gasteiger partial charge in [-0.25, -0.2) is 15.0 Å². The first-order valence-corrected chi connectivity index (χ1v) is 10.1. The van der Waals surface area contributed by atoms with Gasteiger partial charge in [0.1, 0.15) is 5.69 Å². The Hall–Kier alpha value is -2.93. The summed E-state index contributed by atoms with van der Waals surface area (Å²) in [5.74, 6) is -0.214. The minimum absolute atomic E-state index is 0.0600. The Morgan fingerprint density at radius 2 is 1.91 bits per heavy atom. The second kappa shape index (κ2) is 8.54. The number of hydrogen-bond donors (Lipinski definition) is 1. The predicted octanol–water partition coefficient (Wildman–Crippen LogP) is 5.13. The fourth-order valence-corrected chi connectivity index (χ4v) is 3.97. The molecule has 1 aromatic carbocycles. The van der Waals surface area contributed by atoms with Gasteiger partial charge in [-0.3, -0.25) is 0 Å². The lowest BCUT2D eigenvalue weighted by Crippen LogP contribution is -2.49. The number of thiazole rings is 1. The SMILES string of the molecule is FC(F)(F)c1ccnc(Nc2cccc(-c3cnc(N4CCOC(C(F)(F)F)C4)s3)c2)n1. The van der Waals surface area contributed by atoms with Gasteiger partial charge in [-0.05, 0) is 23.8 Å². The number of nitrogens with zero attached hydrogens (tertiary/aromatic N) is 4. The van der Waals surface area contributed by atoms with Crippen molar-refractivity contribution in [3.05, 3.63) is 48.4 Å². The maximum atomic E-state index is 13.0. The third kappa shape index (κ3) is 5.10. The van der Waals surface area contributed by atoms with E-state index in [4.69, 9.17) is 4.74 Å². The van der Waals surface area contributed by atoms with Gasteiger partial charge < -0.3 is 15.0 Å². The molecule has 0 spiro atoms. The molecule has 0 aliphatic carbocycles. The van der Waals surface area contributed by atoms with Crippen molar-refractivity contribution in [3.63, 3.8) is 0 Å². The Labute approximate surface area is 181 Å². The highest BCUT2D eigenvalue weighted by molar-refractivity contribution is 7.18. The molecule has 1 unspecified atom stereocenters. The monoisotopic (exact) mass is 475 g/mol. The molecule has 32 heavy (non-hydrogen) atoms. The number of rotatable bonds is 4. The highest BCUT2D eigenvalue weighted by atomic mass is 32.1. The summed E-state index contributed by atoms with van der Waals surface area (Å²) in [6.45, 7) is -0.117. The summed E-state index contributed by atoms with van der Waals surface area (Å²) in [5.41, 5.74) is 0.0626. The Morgan fingerprint density at radius 1 is 1.09 bits per heavy atom. The molecular formula is C19H15F6N5OS. The van der Waals surface area contributed by atoms with Crippen molar-refractivity contribution in [2.45, 2.75) is 18.5 Å². The molecule has 0 radical (unpaired) electrons. The number of alkyl halides is 6. The van der Waals surface area contributed by atoms with Crippen molar-refractivity contribution in [3.8, 4) is 10.4 Å². The molecule has 3 aromatic rings. The zero-order valence-electron chi connectivity index (χ0n) is 16.1.